The van der Waals surface area contributed by atoms with Gasteiger partial charge in [0.25, 0.3) is 7.82 Å². The van der Waals surface area contributed by atoms with Crippen LogP contribution in [0.2, 0.25) is 0 Å². The number of phosphoric acid groups is 1. The van der Waals surface area contributed by atoms with E-state index in [4.69, 9.17) is 9.05 Å². The summed E-state index contributed by atoms with van der Waals surface area (Å²) >= 11 is 0. The van der Waals surface area contributed by atoms with Gasteiger partial charge in [-0.1, -0.05) is 131 Å². The molecule has 0 saturated carbocycles. The molecule has 0 aliphatic carbocycles. The number of allylic oxidation sites excluding steroid dienone is 10. The van der Waals surface area contributed by atoms with Gasteiger partial charge in [0.2, 0.25) is 5.91 Å². The topological polar surface area (TPSA) is 169 Å². The zero-order chi connectivity index (χ0) is 40.5. The van der Waals surface area contributed by atoms with E-state index in [2.05, 4.69) is 24.4 Å². The van der Waals surface area contributed by atoms with Crippen molar-refractivity contribution in [3.05, 3.63) is 85.1 Å². The Kier molecular flexibility index (Phi) is 31.3. The van der Waals surface area contributed by atoms with Gasteiger partial charge in [-0.15, -0.1) is 0 Å². The van der Waals surface area contributed by atoms with Gasteiger partial charge in [-0.2, -0.15) is 0 Å². The summed E-state index contributed by atoms with van der Waals surface area (Å²) < 4.78 is 22.9. The Morgan fingerprint density at radius 2 is 1.37 bits per heavy atom. The summed E-state index contributed by atoms with van der Waals surface area (Å²) in [7, 11) is 1.00. The van der Waals surface area contributed by atoms with E-state index in [0.29, 0.717) is 23.9 Å². The number of carbonyl (C=O) groups excluding carboxylic acids is 1. The molecule has 0 heterocycles. The molecule has 0 aliphatic heterocycles. The summed E-state index contributed by atoms with van der Waals surface area (Å²) in [5.74, 6) is -0.466. The second-order valence-corrected chi connectivity index (χ2v) is 15.9. The number of rotatable bonds is 33. The number of hydrogen-bond acceptors (Lipinski definition) is 9. The Morgan fingerprint density at radius 1 is 0.741 bits per heavy atom. The van der Waals surface area contributed by atoms with Crippen LogP contribution in [-0.4, -0.2) is 102 Å². The normalized spacial score (nSPS) is 17.1. The first-order valence-electron chi connectivity index (χ1n) is 19.8. The fraction of sp³-hybridized carbons (Fsp3) is 0.643. The molecule has 0 aromatic rings. The number of amides is 1. The second-order valence-electron chi connectivity index (χ2n) is 14.5. The first-order valence-corrected chi connectivity index (χ1v) is 21.2. The third-order valence-corrected chi connectivity index (χ3v) is 9.15. The summed E-state index contributed by atoms with van der Waals surface area (Å²) in [5, 5.41) is 44.0. The second kappa shape index (κ2) is 32.8. The SMILES string of the molecule is CC/C=C\C[C@H](O)/C=C/C=C/C=C\C=C/[C@@H](O)[C@H](O)CCCC(=O)N[C@@H](COP(=O)([O-])OCC[N+](C)(C)C)[C@H](O)/C=C/CC/C=C\CCCCCCCC. The van der Waals surface area contributed by atoms with Crippen LogP contribution in [0.5, 0.6) is 0 Å². The van der Waals surface area contributed by atoms with Crippen molar-refractivity contribution in [2.75, 3.05) is 40.9 Å². The molecule has 5 N–H and O–H groups in total. The number of hydrogen-bond donors (Lipinski definition) is 5. The van der Waals surface area contributed by atoms with Crippen LogP contribution in [0.1, 0.15) is 104 Å². The van der Waals surface area contributed by atoms with Crippen molar-refractivity contribution in [3.63, 3.8) is 0 Å². The van der Waals surface area contributed by atoms with Gasteiger partial charge in [0.15, 0.2) is 0 Å². The van der Waals surface area contributed by atoms with Crippen molar-refractivity contribution in [2.24, 2.45) is 0 Å². The largest absolute Gasteiger partial charge is 0.756 e. The third kappa shape index (κ3) is 32.9. The number of nitrogens with zero attached hydrogens (tertiary/aromatic N) is 1. The molecule has 310 valence electrons. The smallest absolute Gasteiger partial charge is 0.268 e. The molecule has 12 heteroatoms. The van der Waals surface area contributed by atoms with Gasteiger partial charge in [-0.05, 0) is 51.4 Å². The van der Waals surface area contributed by atoms with Crippen molar-refractivity contribution in [1.29, 1.82) is 0 Å². The van der Waals surface area contributed by atoms with Crippen LogP contribution >= 0.6 is 7.82 Å². The van der Waals surface area contributed by atoms with Crippen LogP contribution in [-0.2, 0) is 18.4 Å². The Balaban J connectivity index is 4.95. The molecule has 0 radical (unpaired) electrons. The number of carbonyl (C=O) groups is 1. The van der Waals surface area contributed by atoms with Gasteiger partial charge in [-0.3, -0.25) is 9.36 Å². The van der Waals surface area contributed by atoms with Crippen molar-refractivity contribution in [3.8, 4) is 0 Å². The van der Waals surface area contributed by atoms with Crippen molar-refractivity contribution >= 4 is 13.7 Å². The van der Waals surface area contributed by atoms with E-state index >= 15 is 0 Å². The van der Waals surface area contributed by atoms with E-state index in [-0.39, 0.29) is 25.9 Å². The third-order valence-electron chi connectivity index (χ3n) is 8.18. The zero-order valence-electron chi connectivity index (χ0n) is 33.7. The monoisotopic (exact) mass is 781 g/mol. The molecule has 0 rings (SSSR count). The van der Waals surface area contributed by atoms with E-state index in [1.54, 1.807) is 48.6 Å². The van der Waals surface area contributed by atoms with Crippen molar-refractivity contribution in [1.82, 2.24) is 5.32 Å². The fourth-order valence-electron chi connectivity index (χ4n) is 4.86. The predicted octanol–water partition coefficient (Wildman–Crippen LogP) is 6.52. The van der Waals surface area contributed by atoms with Gasteiger partial charge in [-0.25, -0.2) is 0 Å². The molecule has 6 atom stereocenters. The molecule has 11 nitrogen and oxygen atoms in total. The van der Waals surface area contributed by atoms with Crippen LogP contribution in [0.15, 0.2) is 85.1 Å². The molecule has 0 aromatic heterocycles. The van der Waals surface area contributed by atoms with E-state index in [1.807, 2.05) is 40.2 Å². The first-order chi connectivity index (χ1) is 25.7. The lowest BCUT2D eigenvalue weighted by molar-refractivity contribution is -0.870. The summed E-state index contributed by atoms with van der Waals surface area (Å²) in [6.07, 6.45) is 32.9. The summed E-state index contributed by atoms with van der Waals surface area (Å²) in [6.45, 7) is 4.08. The summed E-state index contributed by atoms with van der Waals surface area (Å²) in [6, 6.07) is -1.07. The van der Waals surface area contributed by atoms with Gasteiger partial charge >= 0.3 is 0 Å². The molecule has 0 aromatic carbocycles. The average molecular weight is 781 g/mol. The van der Waals surface area contributed by atoms with Gasteiger partial charge in [0, 0.05) is 6.42 Å². The maximum absolute atomic E-state index is 12.8. The Bertz CT molecular complexity index is 1210. The number of aliphatic hydroxyl groups is 4. The highest BCUT2D eigenvalue weighted by Gasteiger charge is 2.23. The number of phosphoric ester groups is 1. The van der Waals surface area contributed by atoms with E-state index < -0.39 is 50.8 Å². The number of quaternary nitrogens is 1. The quantitative estimate of drug-likeness (QED) is 0.0164. The van der Waals surface area contributed by atoms with Crippen molar-refractivity contribution < 1.29 is 48.2 Å². The lowest BCUT2D eigenvalue weighted by Gasteiger charge is -2.29. The molecule has 0 aliphatic rings. The maximum atomic E-state index is 12.8. The van der Waals surface area contributed by atoms with Crippen LogP contribution in [0.4, 0.5) is 0 Å². The minimum atomic E-state index is -4.69. The fourth-order valence-corrected chi connectivity index (χ4v) is 5.58. The maximum Gasteiger partial charge on any atom is 0.268 e. The van der Waals surface area contributed by atoms with E-state index in [9.17, 15) is 34.7 Å². The number of nitrogens with one attached hydrogen (secondary N) is 1. The molecule has 0 saturated heterocycles. The van der Waals surface area contributed by atoms with Crippen molar-refractivity contribution in [2.45, 2.75) is 134 Å². The highest BCUT2D eigenvalue weighted by molar-refractivity contribution is 7.45. The molecule has 1 amide bonds. The van der Waals surface area contributed by atoms with Crippen LogP contribution in [0.3, 0.4) is 0 Å². The Hall–Kier alpha value is -2.44. The zero-order valence-corrected chi connectivity index (χ0v) is 34.6. The molecule has 54 heavy (non-hydrogen) atoms. The van der Waals surface area contributed by atoms with E-state index in [0.717, 1.165) is 19.3 Å². The van der Waals surface area contributed by atoms with Crippen LogP contribution in [0, 0.1) is 0 Å². The molecular formula is C42H73N2O9P. The number of likely N-dealkylation sites (N-methyl/N-ethyl adjacent to an activating group) is 1. The minimum Gasteiger partial charge on any atom is -0.756 e. The molecule has 0 spiro atoms. The lowest BCUT2D eigenvalue weighted by atomic mass is 10.1. The van der Waals surface area contributed by atoms with Gasteiger partial charge < -0.3 is 44.2 Å². The summed E-state index contributed by atoms with van der Waals surface area (Å²) in [4.78, 5) is 25.2. The van der Waals surface area contributed by atoms with Gasteiger partial charge in [0.05, 0.1) is 58.2 Å². The Labute approximate surface area is 326 Å². The van der Waals surface area contributed by atoms with Crippen LogP contribution < -0.4 is 10.2 Å². The Morgan fingerprint density at radius 3 is 2.06 bits per heavy atom. The highest BCUT2D eigenvalue weighted by Crippen LogP contribution is 2.38. The predicted molar refractivity (Wildman–Crippen MR) is 218 cm³/mol. The van der Waals surface area contributed by atoms with Crippen LogP contribution in [0.25, 0.3) is 0 Å². The minimum absolute atomic E-state index is 0.0271. The molecule has 1 unspecified atom stereocenters. The highest BCUT2D eigenvalue weighted by atomic mass is 31.2. The van der Waals surface area contributed by atoms with E-state index in [1.165, 1.54) is 50.7 Å². The molecule has 0 bridgehead atoms. The standard InChI is InChI=1S/C42H73N2O9P/c1-6-8-10-11-12-13-14-15-16-17-21-25-30-39(46)38(36-53-54(50,51)52-35-34-44(3,4)5)43-42(49)33-27-32-41(48)40(47)31-26-22-19-18-20-24-29-37(45)28-23-9-7-2/h9,15-16,18-20,22-26,29-31,37-41,45-48H,6-8,10-14,17,21,27-28,32-36H2,1-5H3,(H-,43,49,50,51)/b16-15-,20-18+,22-19-,23-9-,29-24+,30-25+,31-26-/t37-,38-,39+,40+,41+/m0/s1. The van der Waals surface area contributed by atoms with Gasteiger partial charge in [0.1, 0.15) is 13.2 Å². The number of unbranched alkanes of at least 4 members (excludes halogenated alkanes) is 7. The molecular weight excluding hydrogens is 707 g/mol. The summed E-state index contributed by atoms with van der Waals surface area (Å²) in [5.41, 5.74) is 0. The first kappa shape index (κ1) is 51.6. The lowest BCUT2D eigenvalue weighted by Crippen LogP contribution is -2.46. The average Bonchev–Trinajstić information content (AvgIpc) is 3.10. The number of aliphatic hydroxyl groups excluding tert-OH is 4. The molecule has 0 fully saturated rings.